The molecule has 1 aliphatic carbocycles. The van der Waals surface area contributed by atoms with Gasteiger partial charge in [0, 0.05) is 18.9 Å². The molecule has 0 aromatic carbocycles. The summed E-state index contributed by atoms with van der Waals surface area (Å²) in [6, 6.07) is -0.222. The molecule has 1 saturated heterocycles. The van der Waals surface area contributed by atoms with Gasteiger partial charge in [0.05, 0.1) is 25.3 Å². The van der Waals surface area contributed by atoms with E-state index in [1.165, 1.54) is 17.5 Å². The summed E-state index contributed by atoms with van der Waals surface area (Å²) in [7, 11) is 0. The number of carbonyl (C=O) groups is 2. The first kappa shape index (κ1) is 18.8. The molecule has 2 fully saturated rings. The van der Waals surface area contributed by atoms with E-state index in [1.807, 2.05) is 13.8 Å². The zero-order valence-corrected chi connectivity index (χ0v) is 15.5. The molecule has 8 heteroatoms. The third-order valence-electron chi connectivity index (χ3n) is 5.21. The highest BCUT2D eigenvalue weighted by Crippen LogP contribution is 2.30. The van der Waals surface area contributed by atoms with Gasteiger partial charge in [-0.05, 0) is 32.6 Å². The van der Waals surface area contributed by atoms with E-state index in [4.69, 9.17) is 0 Å². The van der Waals surface area contributed by atoms with Crippen molar-refractivity contribution in [3.05, 3.63) is 11.9 Å². The van der Waals surface area contributed by atoms with Crippen molar-refractivity contribution in [1.82, 2.24) is 25.2 Å². The van der Waals surface area contributed by atoms with Crippen molar-refractivity contribution in [2.75, 3.05) is 6.54 Å². The summed E-state index contributed by atoms with van der Waals surface area (Å²) in [4.78, 5) is 26.3. The van der Waals surface area contributed by atoms with Gasteiger partial charge in [-0.1, -0.05) is 18.1 Å². The first-order valence-corrected chi connectivity index (χ1v) is 9.57. The number of halogens is 1. The first-order chi connectivity index (χ1) is 12.4. The maximum atomic E-state index is 14.0. The molecule has 2 heterocycles. The first-order valence-electron chi connectivity index (χ1n) is 9.57. The van der Waals surface area contributed by atoms with Crippen molar-refractivity contribution in [3.8, 4) is 0 Å². The Balaban J connectivity index is 1.61. The highest BCUT2D eigenvalue weighted by Gasteiger charge is 2.36. The lowest BCUT2D eigenvalue weighted by Crippen LogP contribution is -2.39. The van der Waals surface area contributed by atoms with E-state index >= 15 is 0 Å². The van der Waals surface area contributed by atoms with Gasteiger partial charge in [0.15, 0.2) is 5.69 Å². The summed E-state index contributed by atoms with van der Waals surface area (Å²) in [5.41, 5.74) is 0.234. The van der Waals surface area contributed by atoms with Crippen LogP contribution < -0.4 is 5.32 Å². The zero-order chi connectivity index (χ0) is 18.7. The summed E-state index contributed by atoms with van der Waals surface area (Å²) in [5.74, 6) is 0.203. The fraction of sp³-hybridized carbons (Fsp3) is 0.778. The van der Waals surface area contributed by atoms with Gasteiger partial charge in [0.2, 0.25) is 5.91 Å². The molecule has 2 amide bonds. The van der Waals surface area contributed by atoms with Gasteiger partial charge in [-0.2, -0.15) is 0 Å². The number of likely N-dealkylation sites (tertiary alicyclic amines) is 1. The van der Waals surface area contributed by atoms with E-state index in [2.05, 4.69) is 15.6 Å². The molecule has 0 bridgehead atoms. The minimum atomic E-state index is -1.00. The summed E-state index contributed by atoms with van der Waals surface area (Å²) >= 11 is 0. The third-order valence-corrected chi connectivity index (χ3v) is 5.21. The summed E-state index contributed by atoms with van der Waals surface area (Å²) in [6.07, 6.45) is 5.96. The molecule has 7 nitrogen and oxygen atoms in total. The van der Waals surface area contributed by atoms with Crippen molar-refractivity contribution in [2.24, 2.45) is 5.92 Å². The molecule has 1 aromatic rings. The number of nitrogens with zero attached hydrogens (tertiary/aromatic N) is 4. The molecule has 0 unspecified atom stereocenters. The molecule has 2 aliphatic rings. The van der Waals surface area contributed by atoms with Crippen molar-refractivity contribution >= 4 is 11.8 Å². The predicted molar refractivity (Wildman–Crippen MR) is 94.2 cm³/mol. The molecule has 2 atom stereocenters. The van der Waals surface area contributed by atoms with E-state index in [0.717, 1.165) is 12.8 Å². The van der Waals surface area contributed by atoms with Crippen LogP contribution in [0.2, 0.25) is 0 Å². The van der Waals surface area contributed by atoms with Gasteiger partial charge in [-0.3, -0.25) is 9.59 Å². The molecule has 0 spiro atoms. The Kier molecular flexibility index (Phi) is 5.88. The molecule has 26 heavy (non-hydrogen) atoms. The maximum absolute atomic E-state index is 14.0. The molecule has 144 valence electrons. The molecule has 1 N–H and O–H groups in total. The summed E-state index contributed by atoms with van der Waals surface area (Å²) in [6.45, 7) is 4.26. The second-order valence-corrected chi connectivity index (χ2v) is 7.84. The van der Waals surface area contributed by atoms with E-state index in [0.29, 0.717) is 25.3 Å². The molecule has 1 aromatic heterocycles. The van der Waals surface area contributed by atoms with Crippen LogP contribution in [0.5, 0.6) is 0 Å². The quantitative estimate of drug-likeness (QED) is 0.835. The van der Waals surface area contributed by atoms with Crippen LogP contribution in [0, 0.1) is 5.92 Å². The van der Waals surface area contributed by atoms with Crippen molar-refractivity contribution in [1.29, 1.82) is 0 Å². The Hall–Kier alpha value is -1.99. The number of carbonyl (C=O) groups excluding carboxylic acids is 2. The fourth-order valence-electron chi connectivity index (χ4n) is 3.96. The smallest absolute Gasteiger partial charge is 0.273 e. The fourth-order valence-corrected chi connectivity index (χ4v) is 3.96. The van der Waals surface area contributed by atoms with E-state index < -0.39 is 6.17 Å². The SMILES string of the molecule is CC(C)NC(=O)c1cn(C[C@@H]2C[C@H](F)CN2C(=O)CC2CCCC2)nn1. The molecule has 1 aliphatic heterocycles. The van der Waals surface area contributed by atoms with Gasteiger partial charge in [-0.15, -0.1) is 5.10 Å². The van der Waals surface area contributed by atoms with Gasteiger partial charge in [-0.25, -0.2) is 9.07 Å². The second kappa shape index (κ2) is 8.14. The lowest BCUT2D eigenvalue weighted by molar-refractivity contribution is -0.133. The van der Waals surface area contributed by atoms with Crippen molar-refractivity contribution in [3.63, 3.8) is 0 Å². The molecular weight excluding hydrogens is 337 g/mol. The molecular formula is C18H28FN5O2. The Labute approximate surface area is 153 Å². The monoisotopic (exact) mass is 365 g/mol. The summed E-state index contributed by atoms with van der Waals surface area (Å²) in [5, 5.41) is 10.6. The summed E-state index contributed by atoms with van der Waals surface area (Å²) < 4.78 is 15.5. The number of amides is 2. The van der Waals surface area contributed by atoms with E-state index in [1.54, 1.807) is 11.1 Å². The lowest BCUT2D eigenvalue weighted by Gasteiger charge is -2.25. The third kappa shape index (κ3) is 4.59. The minimum Gasteiger partial charge on any atom is -0.348 e. The Morgan fingerprint density at radius 3 is 2.77 bits per heavy atom. The lowest BCUT2D eigenvalue weighted by atomic mass is 10.0. The Bertz CT molecular complexity index is 641. The number of hydrogen-bond donors (Lipinski definition) is 1. The Morgan fingerprint density at radius 1 is 1.35 bits per heavy atom. The van der Waals surface area contributed by atoms with Crippen LogP contribution >= 0.6 is 0 Å². The average Bonchev–Trinajstić information content (AvgIpc) is 3.28. The van der Waals surface area contributed by atoms with Crippen LogP contribution in [0.3, 0.4) is 0 Å². The van der Waals surface area contributed by atoms with E-state index in [9.17, 15) is 14.0 Å². The number of hydrogen-bond acceptors (Lipinski definition) is 4. The van der Waals surface area contributed by atoms with Crippen LogP contribution in [-0.4, -0.2) is 56.5 Å². The van der Waals surface area contributed by atoms with Crippen LogP contribution in [0.1, 0.15) is 62.9 Å². The van der Waals surface area contributed by atoms with E-state index in [-0.39, 0.29) is 36.1 Å². The van der Waals surface area contributed by atoms with Gasteiger partial charge < -0.3 is 10.2 Å². The average molecular weight is 365 g/mol. The highest BCUT2D eigenvalue weighted by atomic mass is 19.1. The standard InChI is InChI=1S/C18H28FN5O2/c1-12(2)20-18(26)16-11-23(22-21-16)10-15-8-14(19)9-24(15)17(25)7-13-5-3-4-6-13/h11-15H,3-10H2,1-2H3,(H,20,26)/t14-,15-/m0/s1. The van der Waals surface area contributed by atoms with Crippen molar-refractivity contribution < 1.29 is 14.0 Å². The van der Waals surface area contributed by atoms with Crippen LogP contribution in [0.15, 0.2) is 6.20 Å². The predicted octanol–water partition coefficient (Wildman–Crippen LogP) is 1.94. The number of rotatable bonds is 6. The van der Waals surface area contributed by atoms with Crippen LogP contribution in [0.25, 0.3) is 0 Å². The topological polar surface area (TPSA) is 80.1 Å². The molecule has 3 rings (SSSR count). The number of nitrogens with one attached hydrogen (secondary N) is 1. The zero-order valence-electron chi connectivity index (χ0n) is 15.5. The highest BCUT2D eigenvalue weighted by molar-refractivity contribution is 5.91. The second-order valence-electron chi connectivity index (χ2n) is 7.84. The van der Waals surface area contributed by atoms with Gasteiger partial charge in [0.1, 0.15) is 6.17 Å². The largest absolute Gasteiger partial charge is 0.348 e. The molecule has 0 radical (unpaired) electrons. The molecule has 1 saturated carbocycles. The van der Waals surface area contributed by atoms with Crippen LogP contribution in [-0.2, 0) is 11.3 Å². The normalized spacial score (nSPS) is 23.8. The maximum Gasteiger partial charge on any atom is 0.273 e. The van der Waals surface area contributed by atoms with Crippen molar-refractivity contribution in [2.45, 2.75) is 77.2 Å². The number of aromatic nitrogens is 3. The van der Waals surface area contributed by atoms with Gasteiger partial charge in [0.25, 0.3) is 5.91 Å². The minimum absolute atomic E-state index is 0.0125. The number of alkyl halides is 1. The van der Waals surface area contributed by atoms with Gasteiger partial charge >= 0.3 is 0 Å². The Morgan fingerprint density at radius 2 is 2.08 bits per heavy atom. The van der Waals surface area contributed by atoms with Crippen LogP contribution in [0.4, 0.5) is 4.39 Å².